The van der Waals surface area contributed by atoms with Crippen LogP contribution >= 0.6 is 0 Å². The Bertz CT molecular complexity index is 194. The quantitative estimate of drug-likeness (QED) is 0.568. The number of rotatable bonds is 9. The summed E-state index contributed by atoms with van der Waals surface area (Å²) in [4.78, 5) is 13.5. The summed E-state index contributed by atoms with van der Waals surface area (Å²) in [5, 5.41) is 0. The number of carbonyl (C=O) groups excluding carboxylic acids is 1. The third-order valence-corrected chi connectivity index (χ3v) is 2.98. The van der Waals surface area contributed by atoms with E-state index in [9.17, 15) is 4.79 Å². The minimum Gasteiger partial charge on any atom is -0.383 e. The van der Waals surface area contributed by atoms with E-state index in [1.54, 1.807) is 7.11 Å². The van der Waals surface area contributed by atoms with Crippen molar-refractivity contribution >= 4 is 6.29 Å². The molecule has 3 nitrogen and oxygen atoms in total. The molecule has 0 N–H and O–H groups in total. The average molecular weight is 229 g/mol. The van der Waals surface area contributed by atoms with E-state index >= 15 is 0 Å². The predicted octanol–water partition coefficient (Wildman–Crippen LogP) is 2.35. The number of hydrogen-bond acceptors (Lipinski definition) is 3. The SMILES string of the molecule is CCCC(C)(C=O)CN(CCOC)C(C)C. The van der Waals surface area contributed by atoms with Crippen LogP contribution in [0.5, 0.6) is 0 Å². The summed E-state index contributed by atoms with van der Waals surface area (Å²) < 4.78 is 5.10. The molecule has 0 saturated carbocycles. The fourth-order valence-corrected chi connectivity index (χ4v) is 1.94. The molecule has 0 bridgehead atoms. The standard InChI is InChI=1S/C13H27NO2/c1-6-7-13(4,11-15)10-14(12(2)3)8-9-16-5/h11-12H,6-10H2,1-5H3. The molecule has 1 unspecified atom stereocenters. The fourth-order valence-electron chi connectivity index (χ4n) is 1.94. The van der Waals surface area contributed by atoms with E-state index in [0.717, 1.165) is 38.8 Å². The largest absolute Gasteiger partial charge is 0.383 e. The van der Waals surface area contributed by atoms with Crippen LogP contribution in [0.1, 0.15) is 40.5 Å². The van der Waals surface area contributed by atoms with E-state index in [4.69, 9.17) is 4.74 Å². The Morgan fingerprint density at radius 1 is 1.44 bits per heavy atom. The van der Waals surface area contributed by atoms with Gasteiger partial charge in [0.05, 0.1) is 6.61 Å². The molecule has 0 rings (SSSR count). The van der Waals surface area contributed by atoms with E-state index in [-0.39, 0.29) is 5.41 Å². The molecule has 0 aromatic rings. The number of ether oxygens (including phenoxy) is 1. The second-order valence-electron chi connectivity index (χ2n) is 5.08. The normalized spacial score (nSPS) is 15.4. The maximum atomic E-state index is 11.2. The lowest BCUT2D eigenvalue weighted by Gasteiger charge is -2.34. The number of nitrogens with zero attached hydrogens (tertiary/aromatic N) is 1. The van der Waals surface area contributed by atoms with E-state index in [0.29, 0.717) is 6.04 Å². The van der Waals surface area contributed by atoms with Gasteiger partial charge in [0.25, 0.3) is 0 Å². The van der Waals surface area contributed by atoms with Crippen LogP contribution in [0.15, 0.2) is 0 Å². The maximum Gasteiger partial charge on any atom is 0.127 e. The van der Waals surface area contributed by atoms with Crippen LogP contribution in [0.25, 0.3) is 0 Å². The first-order valence-electron chi connectivity index (χ1n) is 6.18. The van der Waals surface area contributed by atoms with Crippen molar-refractivity contribution < 1.29 is 9.53 Å². The van der Waals surface area contributed by atoms with Crippen molar-refractivity contribution in [2.24, 2.45) is 5.41 Å². The molecule has 1 atom stereocenters. The fraction of sp³-hybridized carbons (Fsp3) is 0.923. The van der Waals surface area contributed by atoms with Gasteiger partial charge in [-0.3, -0.25) is 4.90 Å². The number of hydrogen-bond donors (Lipinski definition) is 0. The first-order chi connectivity index (χ1) is 7.49. The highest BCUT2D eigenvalue weighted by Gasteiger charge is 2.26. The summed E-state index contributed by atoms with van der Waals surface area (Å²) in [6.07, 6.45) is 3.11. The smallest absolute Gasteiger partial charge is 0.127 e. The molecule has 0 aliphatic rings. The Balaban J connectivity index is 4.39. The van der Waals surface area contributed by atoms with Crippen molar-refractivity contribution in [1.29, 1.82) is 0 Å². The van der Waals surface area contributed by atoms with Crippen LogP contribution in [-0.4, -0.2) is 44.0 Å². The molecule has 96 valence electrons. The van der Waals surface area contributed by atoms with Crippen LogP contribution in [0, 0.1) is 5.41 Å². The molecule has 0 heterocycles. The monoisotopic (exact) mass is 229 g/mol. The zero-order chi connectivity index (χ0) is 12.6. The lowest BCUT2D eigenvalue weighted by Crippen LogP contribution is -2.42. The molecule has 0 aromatic heterocycles. The lowest BCUT2D eigenvalue weighted by molar-refractivity contribution is -0.117. The van der Waals surface area contributed by atoms with E-state index in [1.807, 2.05) is 6.92 Å². The molecule has 0 spiro atoms. The van der Waals surface area contributed by atoms with E-state index in [2.05, 4.69) is 25.7 Å². The van der Waals surface area contributed by atoms with E-state index in [1.165, 1.54) is 0 Å². The van der Waals surface area contributed by atoms with Gasteiger partial charge in [-0.2, -0.15) is 0 Å². The van der Waals surface area contributed by atoms with Gasteiger partial charge in [-0.05, 0) is 20.3 Å². The molecule has 0 fully saturated rings. The third kappa shape index (κ3) is 5.61. The molecule has 0 aliphatic carbocycles. The van der Waals surface area contributed by atoms with Crippen LogP contribution in [0.3, 0.4) is 0 Å². The average Bonchev–Trinajstić information content (AvgIpc) is 2.24. The highest BCUT2D eigenvalue weighted by molar-refractivity contribution is 5.59. The molecule has 0 aromatic carbocycles. The Labute approximate surface area is 100 Å². The van der Waals surface area contributed by atoms with Crippen LogP contribution in [-0.2, 0) is 9.53 Å². The molecule has 0 radical (unpaired) electrons. The lowest BCUT2D eigenvalue weighted by atomic mass is 9.86. The van der Waals surface area contributed by atoms with Crippen molar-refractivity contribution in [2.45, 2.75) is 46.6 Å². The second-order valence-corrected chi connectivity index (χ2v) is 5.08. The van der Waals surface area contributed by atoms with Gasteiger partial charge in [-0.1, -0.05) is 20.3 Å². The van der Waals surface area contributed by atoms with Gasteiger partial charge in [-0.15, -0.1) is 0 Å². The number of carbonyl (C=O) groups is 1. The third-order valence-electron chi connectivity index (χ3n) is 2.98. The Morgan fingerprint density at radius 3 is 2.44 bits per heavy atom. The Hall–Kier alpha value is -0.410. The summed E-state index contributed by atoms with van der Waals surface area (Å²) in [5.41, 5.74) is -0.216. The van der Waals surface area contributed by atoms with Crippen molar-refractivity contribution in [3.63, 3.8) is 0 Å². The summed E-state index contributed by atoms with van der Waals surface area (Å²) in [5.74, 6) is 0. The molecule has 3 heteroatoms. The molecular weight excluding hydrogens is 202 g/mol. The van der Waals surface area contributed by atoms with Crippen LogP contribution < -0.4 is 0 Å². The first kappa shape index (κ1) is 15.6. The summed E-state index contributed by atoms with van der Waals surface area (Å²) >= 11 is 0. The van der Waals surface area contributed by atoms with Crippen LogP contribution in [0.4, 0.5) is 0 Å². The highest BCUT2D eigenvalue weighted by atomic mass is 16.5. The topological polar surface area (TPSA) is 29.5 Å². The minimum atomic E-state index is -0.216. The minimum absolute atomic E-state index is 0.216. The summed E-state index contributed by atoms with van der Waals surface area (Å²) in [6, 6.07) is 0.450. The van der Waals surface area contributed by atoms with Crippen molar-refractivity contribution in [3.05, 3.63) is 0 Å². The Kier molecular flexibility index (Phi) is 7.60. The molecular formula is C13H27NO2. The van der Waals surface area contributed by atoms with Gasteiger partial charge >= 0.3 is 0 Å². The molecule has 16 heavy (non-hydrogen) atoms. The molecule has 0 aliphatic heterocycles. The van der Waals surface area contributed by atoms with Crippen molar-refractivity contribution in [1.82, 2.24) is 4.90 Å². The van der Waals surface area contributed by atoms with Gasteiger partial charge in [0.2, 0.25) is 0 Å². The van der Waals surface area contributed by atoms with Crippen molar-refractivity contribution in [3.8, 4) is 0 Å². The highest BCUT2D eigenvalue weighted by Crippen LogP contribution is 2.22. The van der Waals surface area contributed by atoms with Gasteiger partial charge in [0.1, 0.15) is 6.29 Å². The van der Waals surface area contributed by atoms with Gasteiger partial charge < -0.3 is 9.53 Å². The van der Waals surface area contributed by atoms with Gasteiger partial charge in [0, 0.05) is 31.7 Å². The summed E-state index contributed by atoms with van der Waals surface area (Å²) in [7, 11) is 1.71. The maximum absolute atomic E-state index is 11.2. The first-order valence-corrected chi connectivity index (χ1v) is 6.18. The number of methoxy groups -OCH3 is 1. The molecule has 0 saturated heterocycles. The predicted molar refractivity (Wildman–Crippen MR) is 67.7 cm³/mol. The second kappa shape index (κ2) is 7.80. The van der Waals surface area contributed by atoms with Gasteiger partial charge in [0.15, 0.2) is 0 Å². The van der Waals surface area contributed by atoms with Gasteiger partial charge in [-0.25, -0.2) is 0 Å². The van der Waals surface area contributed by atoms with Crippen LogP contribution in [0.2, 0.25) is 0 Å². The Morgan fingerprint density at radius 2 is 2.06 bits per heavy atom. The zero-order valence-electron chi connectivity index (χ0n) is 11.5. The summed E-state index contributed by atoms with van der Waals surface area (Å²) in [6.45, 7) is 10.9. The van der Waals surface area contributed by atoms with E-state index < -0.39 is 0 Å². The zero-order valence-corrected chi connectivity index (χ0v) is 11.5. The molecule has 0 amide bonds. The number of aldehydes is 1. The van der Waals surface area contributed by atoms with Crippen molar-refractivity contribution in [2.75, 3.05) is 26.8 Å².